The second-order valence-electron chi connectivity index (χ2n) is 7.73. The van der Waals surface area contributed by atoms with Crippen molar-refractivity contribution in [1.82, 2.24) is 4.90 Å². The average Bonchev–Trinajstić information content (AvgIpc) is 3.29. The van der Waals surface area contributed by atoms with Crippen LogP contribution in [0.1, 0.15) is 17.2 Å². The van der Waals surface area contributed by atoms with Gasteiger partial charge in [0, 0.05) is 10.6 Å². The van der Waals surface area contributed by atoms with Crippen LogP contribution in [-0.2, 0) is 21.0 Å². The van der Waals surface area contributed by atoms with Gasteiger partial charge in [-0.2, -0.15) is 0 Å². The van der Waals surface area contributed by atoms with Gasteiger partial charge in [-0.1, -0.05) is 71.7 Å². The van der Waals surface area contributed by atoms with Crippen molar-refractivity contribution in [3.63, 3.8) is 0 Å². The first kappa shape index (κ1) is 20.8. The number of halogens is 2. The van der Waals surface area contributed by atoms with E-state index >= 15 is 0 Å². The van der Waals surface area contributed by atoms with Crippen molar-refractivity contribution in [3.05, 3.63) is 94.0 Å². The summed E-state index contributed by atoms with van der Waals surface area (Å²) < 4.78 is 0. The first-order chi connectivity index (χ1) is 15.5. The van der Waals surface area contributed by atoms with Gasteiger partial charge in [-0.05, 0) is 29.8 Å². The number of fused-ring (bicyclic) bond motifs is 1. The van der Waals surface area contributed by atoms with E-state index in [0.29, 0.717) is 16.3 Å². The van der Waals surface area contributed by atoms with Crippen molar-refractivity contribution in [3.8, 4) is 5.75 Å². The summed E-state index contributed by atoms with van der Waals surface area (Å²) in [6.07, 6.45) is -1.02. The van der Waals surface area contributed by atoms with Gasteiger partial charge in [0.1, 0.15) is 11.7 Å². The molecule has 3 atom stereocenters. The Balaban J connectivity index is 1.58. The van der Waals surface area contributed by atoms with E-state index in [0.717, 1.165) is 5.56 Å². The number of hydrogen-bond donors (Lipinski definition) is 1. The van der Waals surface area contributed by atoms with Crippen LogP contribution in [0.15, 0.2) is 72.8 Å². The molecular weight excluding hydrogens is 451 g/mol. The zero-order valence-corrected chi connectivity index (χ0v) is 18.2. The van der Waals surface area contributed by atoms with Crippen LogP contribution < -0.4 is 5.06 Å². The molecule has 3 aromatic rings. The van der Waals surface area contributed by atoms with E-state index in [1.54, 1.807) is 18.2 Å². The van der Waals surface area contributed by atoms with Gasteiger partial charge in [-0.3, -0.25) is 19.3 Å². The fourth-order valence-corrected chi connectivity index (χ4v) is 4.83. The molecule has 0 bridgehead atoms. The van der Waals surface area contributed by atoms with Crippen LogP contribution in [0.25, 0.3) is 0 Å². The molecule has 6 nitrogen and oxygen atoms in total. The standard InChI is InChI=1S/C24H18Cl2N2O4/c25-15-11-17(21(29)18(26)12-15)20-19-22(32-28(20)16-9-5-2-6-10-16)24(31)27(23(19)30)13-14-7-3-1-4-8-14/h1-12,19-20,22,29H,13H2/t19-,20-,22+/m0/s1. The summed E-state index contributed by atoms with van der Waals surface area (Å²) in [5, 5.41) is 12.6. The van der Waals surface area contributed by atoms with Crippen molar-refractivity contribution in [1.29, 1.82) is 0 Å². The van der Waals surface area contributed by atoms with E-state index in [1.807, 2.05) is 48.5 Å². The molecule has 2 fully saturated rings. The van der Waals surface area contributed by atoms with Crippen molar-refractivity contribution in [2.45, 2.75) is 18.7 Å². The summed E-state index contributed by atoms with van der Waals surface area (Å²) in [6.45, 7) is 0.148. The number of nitrogens with zero attached hydrogens (tertiary/aromatic N) is 2. The minimum absolute atomic E-state index is 0.0573. The maximum atomic E-state index is 13.5. The summed E-state index contributed by atoms with van der Waals surface area (Å²) in [7, 11) is 0. The number of carbonyl (C=O) groups excluding carboxylic acids is 2. The van der Waals surface area contributed by atoms with Crippen molar-refractivity contribution >= 4 is 40.7 Å². The van der Waals surface area contributed by atoms with Gasteiger partial charge in [0.25, 0.3) is 5.91 Å². The van der Waals surface area contributed by atoms with E-state index in [9.17, 15) is 14.7 Å². The molecule has 0 spiro atoms. The lowest BCUT2D eigenvalue weighted by Crippen LogP contribution is -2.37. The van der Waals surface area contributed by atoms with Gasteiger partial charge < -0.3 is 5.11 Å². The maximum Gasteiger partial charge on any atom is 0.262 e. The number of amides is 2. The zero-order valence-electron chi connectivity index (χ0n) is 16.7. The number of phenols is 1. The highest BCUT2D eigenvalue weighted by molar-refractivity contribution is 6.35. The van der Waals surface area contributed by atoms with Crippen LogP contribution in [-0.4, -0.2) is 27.9 Å². The number of imide groups is 1. The normalized spacial score (nSPS) is 22.5. The van der Waals surface area contributed by atoms with Crippen LogP contribution in [0, 0.1) is 5.92 Å². The number of hydrogen-bond acceptors (Lipinski definition) is 5. The van der Waals surface area contributed by atoms with Crippen LogP contribution >= 0.6 is 23.2 Å². The highest BCUT2D eigenvalue weighted by Gasteiger charge is 2.60. The third-order valence-corrected chi connectivity index (χ3v) is 6.28. The number of para-hydroxylation sites is 1. The monoisotopic (exact) mass is 468 g/mol. The smallest absolute Gasteiger partial charge is 0.262 e. The van der Waals surface area contributed by atoms with Crippen molar-refractivity contribution in [2.75, 3.05) is 5.06 Å². The Kier molecular flexibility index (Phi) is 5.29. The van der Waals surface area contributed by atoms with Gasteiger partial charge >= 0.3 is 0 Å². The molecule has 0 aromatic heterocycles. The fraction of sp³-hybridized carbons (Fsp3) is 0.167. The fourth-order valence-electron chi connectivity index (χ4n) is 4.32. The molecule has 0 aliphatic carbocycles. The molecule has 2 heterocycles. The minimum atomic E-state index is -1.02. The Bertz CT molecular complexity index is 1190. The molecule has 5 rings (SSSR count). The molecule has 2 aliphatic rings. The number of phenolic OH excluding ortho intramolecular Hbond substituents is 1. The molecule has 8 heteroatoms. The second-order valence-corrected chi connectivity index (χ2v) is 8.58. The van der Waals surface area contributed by atoms with Crippen LogP contribution in [0.3, 0.4) is 0 Å². The number of hydroxylamine groups is 1. The largest absolute Gasteiger partial charge is 0.506 e. The Labute approximate surface area is 194 Å². The van der Waals surface area contributed by atoms with Crippen molar-refractivity contribution < 1.29 is 19.5 Å². The predicted molar refractivity (Wildman–Crippen MR) is 120 cm³/mol. The molecule has 0 saturated carbocycles. The molecule has 32 heavy (non-hydrogen) atoms. The lowest BCUT2D eigenvalue weighted by atomic mass is 9.90. The molecule has 2 saturated heterocycles. The highest BCUT2D eigenvalue weighted by Crippen LogP contribution is 2.50. The SMILES string of the molecule is O=C1[C@@H]2[C@@H](ON(c3ccccc3)[C@H]2c2cc(Cl)cc(Cl)c2O)C(=O)N1Cc1ccccc1. The lowest BCUT2D eigenvalue weighted by molar-refractivity contribution is -0.143. The van der Waals surface area contributed by atoms with E-state index < -0.39 is 24.0 Å². The number of anilines is 1. The van der Waals surface area contributed by atoms with Crippen LogP contribution in [0.2, 0.25) is 10.0 Å². The summed E-state index contributed by atoms with van der Waals surface area (Å²) >= 11 is 12.4. The molecule has 3 aromatic carbocycles. The molecule has 162 valence electrons. The zero-order chi connectivity index (χ0) is 22.4. The third kappa shape index (κ3) is 3.41. The number of carbonyl (C=O) groups is 2. The Morgan fingerprint density at radius 3 is 2.25 bits per heavy atom. The quantitative estimate of drug-likeness (QED) is 0.559. The first-order valence-electron chi connectivity index (χ1n) is 10.0. The third-order valence-electron chi connectivity index (χ3n) is 5.78. The van der Waals surface area contributed by atoms with E-state index in [-0.39, 0.29) is 23.2 Å². The molecule has 0 radical (unpaired) electrons. The Morgan fingerprint density at radius 1 is 0.906 bits per heavy atom. The summed E-state index contributed by atoms with van der Waals surface area (Å²) in [5.74, 6) is -1.86. The highest BCUT2D eigenvalue weighted by atomic mass is 35.5. The van der Waals surface area contributed by atoms with E-state index in [2.05, 4.69) is 0 Å². The van der Waals surface area contributed by atoms with E-state index in [4.69, 9.17) is 28.0 Å². The number of likely N-dealkylation sites (tertiary alicyclic amines) is 1. The summed E-state index contributed by atoms with van der Waals surface area (Å²) in [4.78, 5) is 34.0. The predicted octanol–water partition coefficient (Wildman–Crippen LogP) is 4.75. The van der Waals surface area contributed by atoms with Crippen LogP contribution in [0.4, 0.5) is 5.69 Å². The van der Waals surface area contributed by atoms with Gasteiger partial charge in [-0.15, -0.1) is 0 Å². The van der Waals surface area contributed by atoms with Crippen molar-refractivity contribution in [2.24, 2.45) is 5.92 Å². The van der Waals surface area contributed by atoms with Gasteiger partial charge in [0.15, 0.2) is 6.10 Å². The van der Waals surface area contributed by atoms with Crippen LogP contribution in [0.5, 0.6) is 5.75 Å². The first-order valence-corrected chi connectivity index (χ1v) is 10.8. The molecule has 2 aliphatic heterocycles. The average molecular weight is 469 g/mol. The second kappa shape index (κ2) is 8.13. The Hall–Kier alpha value is -3.06. The topological polar surface area (TPSA) is 70.1 Å². The van der Waals surface area contributed by atoms with E-state index in [1.165, 1.54) is 16.0 Å². The lowest BCUT2D eigenvalue weighted by Gasteiger charge is -2.29. The van der Waals surface area contributed by atoms with Gasteiger partial charge in [-0.25, -0.2) is 5.06 Å². The molecule has 1 N–H and O–H groups in total. The molecule has 2 amide bonds. The molecule has 0 unspecified atom stereocenters. The number of rotatable bonds is 4. The molecular formula is C24H18Cl2N2O4. The summed E-state index contributed by atoms with van der Waals surface area (Å²) in [6, 6.07) is 20.5. The Morgan fingerprint density at radius 2 is 1.56 bits per heavy atom. The summed E-state index contributed by atoms with van der Waals surface area (Å²) in [5.41, 5.74) is 1.79. The van der Waals surface area contributed by atoms with Gasteiger partial charge in [0.2, 0.25) is 5.91 Å². The minimum Gasteiger partial charge on any atom is -0.506 e. The number of benzene rings is 3. The maximum absolute atomic E-state index is 13.5. The number of aromatic hydroxyl groups is 1. The van der Waals surface area contributed by atoms with Gasteiger partial charge in [0.05, 0.1) is 23.3 Å².